The van der Waals surface area contributed by atoms with Gasteiger partial charge in [0.15, 0.2) is 0 Å². The molecule has 0 radical (unpaired) electrons. The van der Waals surface area contributed by atoms with Gasteiger partial charge in [0.2, 0.25) is 0 Å². The van der Waals surface area contributed by atoms with Crippen LogP contribution >= 0.6 is 0 Å². The third-order valence-corrected chi connectivity index (χ3v) is 2.68. The van der Waals surface area contributed by atoms with Crippen molar-refractivity contribution in [2.75, 3.05) is 6.61 Å². The Morgan fingerprint density at radius 2 is 2.25 bits per heavy atom. The minimum atomic E-state index is 0.656. The lowest BCUT2D eigenvalue weighted by atomic mass is 10.0. The van der Waals surface area contributed by atoms with E-state index in [9.17, 15) is 0 Å². The molecule has 0 fully saturated rings. The van der Waals surface area contributed by atoms with E-state index >= 15 is 0 Å². The molecule has 0 unspecified atom stereocenters. The Morgan fingerprint density at radius 1 is 1.31 bits per heavy atom. The Kier molecular flexibility index (Phi) is 2.03. The fourth-order valence-corrected chi connectivity index (χ4v) is 1.86. The molecule has 0 atom stereocenters. The number of nitrogens with zero attached hydrogens (tertiary/aromatic N) is 2. The molecule has 0 amide bonds. The first-order valence-corrected chi connectivity index (χ1v) is 5.25. The molecule has 0 bridgehead atoms. The average Bonchev–Trinajstić information content (AvgIpc) is 2.75. The number of aromatic nitrogens is 2. The van der Waals surface area contributed by atoms with E-state index in [2.05, 4.69) is 29.4 Å². The number of aryl methyl sites for hydroxylation is 1. The van der Waals surface area contributed by atoms with E-state index in [0.717, 1.165) is 22.4 Å². The summed E-state index contributed by atoms with van der Waals surface area (Å²) < 4.78 is 7.38. The van der Waals surface area contributed by atoms with Gasteiger partial charge in [0.25, 0.3) is 0 Å². The lowest BCUT2D eigenvalue weighted by molar-refractivity contribution is 0.359. The summed E-state index contributed by atoms with van der Waals surface area (Å²) >= 11 is 0. The van der Waals surface area contributed by atoms with Crippen molar-refractivity contribution < 1.29 is 4.74 Å². The summed E-state index contributed by atoms with van der Waals surface area (Å²) in [5.74, 6) is 0.948. The summed E-state index contributed by atoms with van der Waals surface area (Å²) in [6.45, 7) is 0.656. The monoisotopic (exact) mass is 212 g/mol. The highest BCUT2D eigenvalue weighted by molar-refractivity contribution is 5.69. The van der Waals surface area contributed by atoms with Crippen molar-refractivity contribution >= 4 is 6.08 Å². The summed E-state index contributed by atoms with van der Waals surface area (Å²) in [7, 11) is 1.92. The van der Waals surface area contributed by atoms with Crippen LogP contribution in [-0.2, 0) is 7.05 Å². The van der Waals surface area contributed by atoms with Crippen LogP contribution in [0.4, 0.5) is 0 Å². The minimum Gasteiger partial charge on any atom is -0.489 e. The van der Waals surface area contributed by atoms with Crippen LogP contribution < -0.4 is 4.74 Å². The standard InChI is InChI=1S/C13H12N2O/c1-15-9-12(8-14-15)11-5-4-10-3-2-6-16-13(10)7-11/h2-5,7-9H,6H2,1H3. The first-order valence-electron chi connectivity index (χ1n) is 5.25. The summed E-state index contributed by atoms with van der Waals surface area (Å²) in [6, 6.07) is 6.23. The molecular weight excluding hydrogens is 200 g/mol. The number of rotatable bonds is 1. The summed E-state index contributed by atoms with van der Waals surface area (Å²) in [5.41, 5.74) is 3.39. The van der Waals surface area contributed by atoms with Gasteiger partial charge in [-0.25, -0.2) is 0 Å². The Hall–Kier alpha value is -2.03. The largest absolute Gasteiger partial charge is 0.489 e. The molecule has 80 valence electrons. The van der Waals surface area contributed by atoms with Gasteiger partial charge in [0.1, 0.15) is 12.4 Å². The first-order chi connectivity index (χ1) is 7.83. The molecule has 3 rings (SSSR count). The number of hydrogen-bond acceptors (Lipinski definition) is 2. The van der Waals surface area contributed by atoms with Crippen LogP contribution in [0, 0.1) is 0 Å². The van der Waals surface area contributed by atoms with Gasteiger partial charge in [-0.1, -0.05) is 18.2 Å². The Bertz CT molecular complexity index is 555. The predicted octanol–water partition coefficient (Wildman–Crippen LogP) is 2.49. The van der Waals surface area contributed by atoms with Crippen molar-refractivity contribution in [1.29, 1.82) is 0 Å². The van der Waals surface area contributed by atoms with Crippen molar-refractivity contribution in [3.05, 3.63) is 42.2 Å². The molecule has 2 heterocycles. The SMILES string of the molecule is Cn1cc(-c2ccc3c(c2)OCC=C3)cn1. The normalized spacial score (nSPS) is 13.3. The Labute approximate surface area is 94.0 Å². The quantitative estimate of drug-likeness (QED) is 0.726. The molecule has 2 aromatic rings. The highest BCUT2D eigenvalue weighted by Gasteiger charge is 2.08. The van der Waals surface area contributed by atoms with Gasteiger partial charge < -0.3 is 4.74 Å². The molecule has 3 nitrogen and oxygen atoms in total. The number of hydrogen-bond donors (Lipinski definition) is 0. The molecule has 0 N–H and O–H groups in total. The fraction of sp³-hybridized carbons (Fsp3) is 0.154. The van der Waals surface area contributed by atoms with Crippen molar-refractivity contribution in [3.8, 4) is 16.9 Å². The van der Waals surface area contributed by atoms with Crippen LogP contribution in [0.1, 0.15) is 5.56 Å². The molecule has 1 aromatic heterocycles. The maximum atomic E-state index is 5.58. The van der Waals surface area contributed by atoms with Gasteiger partial charge in [0.05, 0.1) is 6.20 Å². The Morgan fingerprint density at radius 3 is 3.06 bits per heavy atom. The van der Waals surface area contributed by atoms with Crippen LogP contribution in [0.2, 0.25) is 0 Å². The number of fused-ring (bicyclic) bond motifs is 1. The maximum Gasteiger partial charge on any atom is 0.127 e. The summed E-state index contributed by atoms with van der Waals surface area (Å²) in [5, 5.41) is 4.17. The second-order valence-corrected chi connectivity index (χ2v) is 3.87. The van der Waals surface area contributed by atoms with E-state index in [0.29, 0.717) is 6.61 Å². The molecule has 16 heavy (non-hydrogen) atoms. The molecule has 1 aromatic carbocycles. The highest BCUT2D eigenvalue weighted by atomic mass is 16.5. The van der Waals surface area contributed by atoms with Crippen molar-refractivity contribution in [2.24, 2.45) is 7.05 Å². The minimum absolute atomic E-state index is 0.656. The number of benzene rings is 1. The second-order valence-electron chi connectivity index (χ2n) is 3.87. The van der Waals surface area contributed by atoms with Crippen LogP contribution in [0.5, 0.6) is 5.75 Å². The molecule has 3 heteroatoms. The summed E-state index contributed by atoms with van der Waals surface area (Å²) in [6.07, 6.45) is 7.97. The zero-order valence-electron chi connectivity index (χ0n) is 9.05. The first kappa shape index (κ1) is 9.21. The van der Waals surface area contributed by atoms with Gasteiger partial charge in [-0.15, -0.1) is 0 Å². The van der Waals surface area contributed by atoms with Crippen LogP contribution in [-0.4, -0.2) is 16.4 Å². The third kappa shape index (κ3) is 1.50. The van der Waals surface area contributed by atoms with Crippen molar-refractivity contribution in [2.45, 2.75) is 0 Å². The van der Waals surface area contributed by atoms with Gasteiger partial charge in [-0.05, 0) is 17.7 Å². The molecule has 0 aliphatic carbocycles. The highest BCUT2D eigenvalue weighted by Crippen LogP contribution is 2.29. The lowest BCUT2D eigenvalue weighted by Crippen LogP contribution is -1.99. The molecule has 0 saturated carbocycles. The topological polar surface area (TPSA) is 27.1 Å². The summed E-state index contributed by atoms with van der Waals surface area (Å²) in [4.78, 5) is 0. The predicted molar refractivity (Wildman–Crippen MR) is 63.2 cm³/mol. The van der Waals surface area contributed by atoms with Gasteiger partial charge in [-0.3, -0.25) is 4.68 Å². The maximum absolute atomic E-state index is 5.58. The Balaban J connectivity index is 2.06. The molecule has 0 saturated heterocycles. The van der Waals surface area contributed by atoms with E-state index in [-0.39, 0.29) is 0 Å². The molecular formula is C13H12N2O. The van der Waals surface area contributed by atoms with Crippen LogP contribution in [0.25, 0.3) is 17.2 Å². The van der Waals surface area contributed by atoms with E-state index < -0.39 is 0 Å². The lowest BCUT2D eigenvalue weighted by Gasteiger charge is -2.12. The second kappa shape index (κ2) is 3.52. The van der Waals surface area contributed by atoms with E-state index in [1.807, 2.05) is 25.5 Å². The van der Waals surface area contributed by atoms with Gasteiger partial charge in [0, 0.05) is 24.4 Å². The zero-order chi connectivity index (χ0) is 11.0. The fourth-order valence-electron chi connectivity index (χ4n) is 1.86. The smallest absolute Gasteiger partial charge is 0.127 e. The van der Waals surface area contributed by atoms with E-state index in [1.54, 1.807) is 4.68 Å². The molecule has 0 spiro atoms. The van der Waals surface area contributed by atoms with Crippen LogP contribution in [0.15, 0.2) is 36.7 Å². The van der Waals surface area contributed by atoms with Gasteiger partial charge >= 0.3 is 0 Å². The zero-order valence-corrected chi connectivity index (χ0v) is 9.05. The van der Waals surface area contributed by atoms with Gasteiger partial charge in [-0.2, -0.15) is 5.10 Å². The van der Waals surface area contributed by atoms with Crippen molar-refractivity contribution in [1.82, 2.24) is 9.78 Å². The molecule has 1 aliphatic rings. The third-order valence-electron chi connectivity index (χ3n) is 2.68. The number of ether oxygens (including phenoxy) is 1. The molecule has 1 aliphatic heterocycles. The van der Waals surface area contributed by atoms with Crippen molar-refractivity contribution in [3.63, 3.8) is 0 Å². The van der Waals surface area contributed by atoms with E-state index in [4.69, 9.17) is 4.74 Å². The van der Waals surface area contributed by atoms with Crippen LogP contribution in [0.3, 0.4) is 0 Å². The van der Waals surface area contributed by atoms with E-state index in [1.165, 1.54) is 0 Å². The average molecular weight is 212 g/mol.